The molecule has 2 atom stereocenters. The summed E-state index contributed by atoms with van der Waals surface area (Å²) in [7, 11) is 1.71. The van der Waals surface area contributed by atoms with Gasteiger partial charge in [-0.25, -0.2) is 0 Å². The van der Waals surface area contributed by atoms with Crippen molar-refractivity contribution in [2.45, 2.75) is 30.0 Å². The molecule has 1 aromatic heterocycles. The number of thiophene rings is 1. The summed E-state index contributed by atoms with van der Waals surface area (Å²) in [5, 5.41) is 2.39. The molecule has 1 heterocycles. The van der Waals surface area contributed by atoms with Gasteiger partial charge in [0.1, 0.15) is 5.75 Å². The predicted octanol–water partition coefficient (Wildman–Crippen LogP) is 4.25. The van der Waals surface area contributed by atoms with E-state index in [-0.39, 0.29) is 11.3 Å². The van der Waals surface area contributed by atoms with E-state index in [0.717, 1.165) is 10.6 Å². The number of hydrogen-bond donors (Lipinski definition) is 1. The Labute approximate surface area is 123 Å². The Morgan fingerprint density at radius 1 is 1.26 bits per heavy atom. The van der Waals surface area contributed by atoms with Crippen LogP contribution in [0.2, 0.25) is 0 Å². The third-order valence-electron chi connectivity index (χ3n) is 2.96. The molecule has 0 saturated carbocycles. The van der Waals surface area contributed by atoms with Crippen molar-refractivity contribution >= 4 is 23.1 Å². The first kappa shape index (κ1) is 14.4. The van der Waals surface area contributed by atoms with Crippen LogP contribution in [0.1, 0.15) is 22.6 Å². The molecular weight excluding hydrogens is 274 g/mol. The van der Waals surface area contributed by atoms with Crippen molar-refractivity contribution in [3.05, 3.63) is 46.2 Å². The maximum atomic E-state index is 6.18. The lowest BCUT2D eigenvalue weighted by molar-refractivity contribution is 0.404. The van der Waals surface area contributed by atoms with E-state index < -0.39 is 0 Å². The van der Waals surface area contributed by atoms with E-state index in [1.54, 1.807) is 30.2 Å². The molecule has 4 heteroatoms. The zero-order chi connectivity index (χ0) is 13.8. The number of benzene rings is 1. The molecule has 0 aliphatic heterocycles. The molecule has 0 amide bonds. The fourth-order valence-electron chi connectivity index (χ4n) is 1.93. The van der Waals surface area contributed by atoms with Crippen LogP contribution in [0.5, 0.6) is 5.75 Å². The van der Waals surface area contributed by atoms with Crippen LogP contribution in [-0.4, -0.2) is 13.2 Å². The lowest BCUT2D eigenvalue weighted by Crippen LogP contribution is -2.22. The van der Waals surface area contributed by atoms with Crippen LogP contribution in [0.15, 0.2) is 40.6 Å². The summed E-state index contributed by atoms with van der Waals surface area (Å²) in [4.78, 5) is 2.49. The van der Waals surface area contributed by atoms with Crippen LogP contribution in [0, 0.1) is 6.92 Å². The molecule has 0 bridgehead atoms. The summed E-state index contributed by atoms with van der Waals surface area (Å²) in [6.45, 7) is 4.20. The number of para-hydroxylation sites is 1. The van der Waals surface area contributed by atoms with E-state index in [4.69, 9.17) is 10.5 Å². The topological polar surface area (TPSA) is 35.2 Å². The second-order valence-electron chi connectivity index (χ2n) is 4.52. The predicted molar refractivity (Wildman–Crippen MR) is 84.3 cm³/mol. The molecule has 0 radical (unpaired) electrons. The van der Waals surface area contributed by atoms with Crippen molar-refractivity contribution in [1.82, 2.24) is 0 Å². The fraction of sp³-hybridized carbons (Fsp3) is 0.333. The number of ether oxygens (including phenoxy) is 1. The molecule has 2 N–H and O–H groups in total. The van der Waals surface area contributed by atoms with Gasteiger partial charge in [-0.05, 0) is 43.0 Å². The third-order valence-corrected chi connectivity index (χ3v) is 5.72. The quantitative estimate of drug-likeness (QED) is 0.837. The largest absolute Gasteiger partial charge is 0.496 e. The highest BCUT2D eigenvalue weighted by molar-refractivity contribution is 7.99. The molecular formula is C15H19NOS2. The summed E-state index contributed by atoms with van der Waals surface area (Å²) in [5.74, 6) is 0.910. The van der Waals surface area contributed by atoms with Gasteiger partial charge in [0.05, 0.1) is 17.3 Å². The summed E-state index contributed by atoms with van der Waals surface area (Å²) >= 11 is 3.56. The molecule has 19 heavy (non-hydrogen) atoms. The van der Waals surface area contributed by atoms with Gasteiger partial charge in [-0.15, -0.1) is 23.1 Å². The van der Waals surface area contributed by atoms with Crippen LogP contribution < -0.4 is 10.5 Å². The van der Waals surface area contributed by atoms with Crippen molar-refractivity contribution in [2.24, 2.45) is 5.73 Å². The molecule has 0 spiro atoms. The SMILES string of the molecule is COc1ccccc1SC(c1sccc1C)C(C)N. The maximum Gasteiger partial charge on any atom is 0.132 e. The average Bonchev–Trinajstić information content (AvgIpc) is 2.82. The van der Waals surface area contributed by atoms with Crippen LogP contribution in [0.25, 0.3) is 0 Å². The minimum atomic E-state index is 0.0901. The monoisotopic (exact) mass is 293 g/mol. The normalized spacial score (nSPS) is 14.1. The number of thioether (sulfide) groups is 1. The summed E-state index contributed by atoms with van der Waals surface area (Å²) in [6.07, 6.45) is 0. The smallest absolute Gasteiger partial charge is 0.132 e. The molecule has 1 aromatic carbocycles. The molecule has 2 aromatic rings. The highest BCUT2D eigenvalue weighted by Crippen LogP contribution is 2.43. The second kappa shape index (κ2) is 6.46. The van der Waals surface area contributed by atoms with Gasteiger partial charge in [-0.3, -0.25) is 0 Å². The van der Waals surface area contributed by atoms with E-state index in [1.165, 1.54) is 10.4 Å². The average molecular weight is 293 g/mol. The summed E-state index contributed by atoms with van der Waals surface area (Å²) in [5.41, 5.74) is 7.50. The number of hydrogen-bond acceptors (Lipinski definition) is 4. The van der Waals surface area contributed by atoms with Crippen LogP contribution in [0.4, 0.5) is 0 Å². The van der Waals surface area contributed by atoms with Crippen molar-refractivity contribution in [3.63, 3.8) is 0 Å². The zero-order valence-electron chi connectivity index (χ0n) is 11.4. The third kappa shape index (κ3) is 3.32. The molecule has 2 unspecified atom stereocenters. The summed E-state index contributed by atoms with van der Waals surface area (Å²) in [6, 6.07) is 10.3. The van der Waals surface area contributed by atoms with Gasteiger partial charge in [-0.1, -0.05) is 12.1 Å². The Hall–Kier alpha value is -0.970. The van der Waals surface area contributed by atoms with Crippen molar-refractivity contribution < 1.29 is 4.74 Å². The number of methoxy groups -OCH3 is 1. The lowest BCUT2D eigenvalue weighted by Gasteiger charge is -2.21. The van der Waals surface area contributed by atoms with E-state index in [0.29, 0.717) is 0 Å². The maximum absolute atomic E-state index is 6.18. The fourth-order valence-corrected chi connectivity index (χ4v) is 4.47. The van der Waals surface area contributed by atoms with Gasteiger partial charge >= 0.3 is 0 Å². The second-order valence-corrected chi connectivity index (χ2v) is 6.65. The molecule has 0 aliphatic carbocycles. The Bertz CT molecular complexity index is 536. The first-order valence-corrected chi connectivity index (χ1v) is 7.98. The molecule has 102 valence electrons. The molecule has 2 nitrogen and oxygen atoms in total. The highest BCUT2D eigenvalue weighted by atomic mass is 32.2. The van der Waals surface area contributed by atoms with Crippen molar-refractivity contribution in [1.29, 1.82) is 0 Å². The van der Waals surface area contributed by atoms with Crippen LogP contribution in [0.3, 0.4) is 0 Å². The Morgan fingerprint density at radius 2 is 2.00 bits per heavy atom. The first-order chi connectivity index (χ1) is 9.13. The van der Waals surface area contributed by atoms with Gasteiger partial charge in [0.25, 0.3) is 0 Å². The van der Waals surface area contributed by atoms with E-state index >= 15 is 0 Å². The first-order valence-electron chi connectivity index (χ1n) is 6.22. The minimum Gasteiger partial charge on any atom is -0.496 e. The highest BCUT2D eigenvalue weighted by Gasteiger charge is 2.22. The van der Waals surface area contributed by atoms with E-state index in [1.807, 2.05) is 18.2 Å². The van der Waals surface area contributed by atoms with Crippen LogP contribution >= 0.6 is 23.1 Å². The Morgan fingerprint density at radius 3 is 2.58 bits per heavy atom. The van der Waals surface area contributed by atoms with E-state index in [9.17, 15) is 0 Å². The lowest BCUT2D eigenvalue weighted by atomic mass is 10.1. The van der Waals surface area contributed by atoms with Gasteiger partial charge in [0, 0.05) is 10.9 Å². The van der Waals surface area contributed by atoms with Gasteiger partial charge in [-0.2, -0.15) is 0 Å². The zero-order valence-corrected chi connectivity index (χ0v) is 13.1. The van der Waals surface area contributed by atoms with Gasteiger partial charge in [0.2, 0.25) is 0 Å². The minimum absolute atomic E-state index is 0.0901. The molecule has 2 rings (SSSR count). The molecule has 0 saturated heterocycles. The van der Waals surface area contributed by atoms with Crippen molar-refractivity contribution in [2.75, 3.05) is 7.11 Å². The standard InChI is InChI=1S/C15H19NOS2/c1-10-8-9-18-14(10)15(11(2)16)19-13-7-5-4-6-12(13)17-3/h4-9,11,15H,16H2,1-3H3. The van der Waals surface area contributed by atoms with E-state index in [2.05, 4.69) is 31.4 Å². The molecule has 0 aliphatic rings. The van der Waals surface area contributed by atoms with Gasteiger partial charge < -0.3 is 10.5 Å². The summed E-state index contributed by atoms with van der Waals surface area (Å²) < 4.78 is 5.42. The van der Waals surface area contributed by atoms with Crippen molar-refractivity contribution in [3.8, 4) is 5.75 Å². The Kier molecular flexibility index (Phi) is 4.91. The number of rotatable bonds is 5. The Balaban J connectivity index is 2.30. The number of nitrogens with two attached hydrogens (primary N) is 1. The molecule has 0 fully saturated rings. The van der Waals surface area contributed by atoms with Gasteiger partial charge in [0.15, 0.2) is 0 Å². The number of aryl methyl sites for hydroxylation is 1. The van der Waals surface area contributed by atoms with Crippen LogP contribution in [-0.2, 0) is 0 Å².